The first-order chi connectivity index (χ1) is 18.8. The van der Waals surface area contributed by atoms with Gasteiger partial charge >= 0.3 is 5.97 Å². The highest BCUT2D eigenvalue weighted by atomic mass is 32.1. The number of thiazole rings is 1. The van der Waals surface area contributed by atoms with Crippen molar-refractivity contribution in [3.8, 4) is 5.75 Å². The van der Waals surface area contributed by atoms with Crippen LogP contribution in [0.2, 0.25) is 0 Å². The normalized spacial score (nSPS) is 11.5. The van der Waals surface area contributed by atoms with Crippen LogP contribution in [-0.4, -0.2) is 41.2 Å². The van der Waals surface area contributed by atoms with E-state index in [1.807, 2.05) is 43.0 Å². The van der Waals surface area contributed by atoms with Crippen LogP contribution in [0.4, 0.5) is 33.6 Å². The van der Waals surface area contributed by atoms with E-state index in [4.69, 9.17) is 9.84 Å². The number of non-ortho nitro benzene ring substituents is 1. The minimum atomic E-state index is -0.833. The molecule has 1 N–H and O–H groups in total. The molecule has 4 aromatic rings. The molecule has 0 unspecified atom stereocenters. The van der Waals surface area contributed by atoms with Crippen molar-refractivity contribution in [2.24, 2.45) is 20.5 Å². The second kappa shape index (κ2) is 12.2. The monoisotopic (exact) mass is 547 g/mol. The number of nitro benzene ring substituents is 1. The number of nitrogens with zero attached hydrogens (tertiary/aromatic N) is 7. The first-order valence-electron chi connectivity index (χ1n) is 11.9. The Morgan fingerprint density at radius 3 is 2.49 bits per heavy atom. The van der Waals surface area contributed by atoms with Crippen LogP contribution in [0.25, 0.3) is 10.2 Å². The van der Waals surface area contributed by atoms with E-state index in [9.17, 15) is 14.9 Å². The summed E-state index contributed by atoms with van der Waals surface area (Å²) in [5, 5.41) is 37.5. The third-order valence-corrected chi connectivity index (χ3v) is 6.68. The Bertz CT molecular complexity index is 1570. The third kappa shape index (κ3) is 6.76. The van der Waals surface area contributed by atoms with Crippen LogP contribution >= 0.6 is 11.3 Å². The maximum Gasteiger partial charge on any atom is 0.305 e. The van der Waals surface area contributed by atoms with Crippen molar-refractivity contribution in [2.75, 3.05) is 25.1 Å². The topological polar surface area (TPSA) is 155 Å². The number of methoxy groups -OCH3 is 1. The molecule has 4 rings (SSSR count). The second-order valence-electron chi connectivity index (χ2n) is 8.36. The van der Waals surface area contributed by atoms with E-state index in [-0.39, 0.29) is 12.1 Å². The molecular formula is C26H25N7O5S. The molecule has 0 aliphatic rings. The highest BCUT2D eigenvalue weighted by Crippen LogP contribution is 2.37. The molecule has 39 heavy (non-hydrogen) atoms. The number of aryl methyl sites for hydroxylation is 1. The summed E-state index contributed by atoms with van der Waals surface area (Å²) in [6, 6.07) is 15.3. The largest absolute Gasteiger partial charge is 0.494 e. The molecule has 3 aromatic carbocycles. The van der Waals surface area contributed by atoms with Crippen LogP contribution < -0.4 is 9.64 Å². The SMILES string of the molecule is CCN(CCC(=O)O)c1ccc(N=Nc2cc(C)c(N=Nc3nc4ccc([N+](=O)[O-])cc4s3)cc2OC)cc1. The summed E-state index contributed by atoms with van der Waals surface area (Å²) in [4.78, 5) is 27.8. The van der Waals surface area contributed by atoms with Gasteiger partial charge in [0.2, 0.25) is 5.13 Å². The third-order valence-electron chi connectivity index (χ3n) is 5.78. The van der Waals surface area contributed by atoms with E-state index in [1.165, 1.54) is 30.6 Å². The molecule has 0 aliphatic carbocycles. The Morgan fingerprint density at radius 1 is 1.08 bits per heavy atom. The maximum absolute atomic E-state index is 11.0. The van der Waals surface area contributed by atoms with Gasteiger partial charge in [-0.05, 0) is 55.8 Å². The van der Waals surface area contributed by atoms with Crippen molar-refractivity contribution in [2.45, 2.75) is 20.3 Å². The fraction of sp³-hybridized carbons (Fsp3) is 0.231. The number of rotatable bonds is 11. The summed E-state index contributed by atoms with van der Waals surface area (Å²) in [6.07, 6.45) is 0.0649. The standard InChI is InChI=1S/C26H25N7O5S/c1-4-32(12-11-25(34)35)18-7-5-17(6-8-18)28-30-22-13-16(2)21(15-23(22)38-3)29-31-26-27-20-10-9-19(33(36)37)14-24(20)39-26/h5-10,13-15H,4,11-12H2,1-3H3,(H,34,35). The second-order valence-corrected chi connectivity index (χ2v) is 9.37. The van der Waals surface area contributed by atoms with E-state index in [2.05, 4.69) is 25.4 Å². The van der Waals surface area contributed by atoms with Gasteiger partial charge in [0.1, 0.15) is 11.4 Å². The summed E-state index contributed by atoms with van der Waals surface area (Å²) in [5.41, 5.74) is 4.01. The Hall–Kier alpha value is -4.78. The molecule has 0 aliphatic heterocycles. The lowest BCUT2D eigenvalue weighted by Gasteiger charge is -2.22. The number of aliphatic carboxylic acids is 1. The molecule has 0 fully saturated rings. The van der Waals surface area contributed by atoms with Gasteiger partial charge < -0.3 is 14.7 Å². The molecule has 0 spiro atoms. The number of carboxylic acids is 1. The Labute approximate surface area is 227 Å². The van der Waals surface area contributed by atoms with Crippen LogP contribution in [-0.2, 0) is 4.79 Å². The van der Waals surface area contributed by atoms with Crippen LogP contribution in [0.15, 0.2) is 75.1 Å². The molecule has 0 saturated carbocycles. The van der Waals surface area contributed by atoms with Crippen molar-refractivity contribution >= 4 is 61.1 Å². The molecule has 13 heteroatoms. The molecule has 1 aromatic heterocycles. The van der Waals surface area contributed by atoms with E-state index in [1.54, 1.807) is 18.2 Å². The fourth-order valence-corrected chi connectivity index (χ4v) is 4.53. The zero-order valence-corrected chi connectivity index (χ0v) is 22.3. The van der Waals surface area contributed by atoms with Crippen LogP contribution in [0.3, 0.4) is 0 Å². The zero-order chi connectivity index (χ0) is 27.9. The molecule has 0 amide bonds. The van der Waals surface area contributed by atoms with Gasteiger partial charge in [0.05, 0.1) is 40.0 Å². The van der Waals surface area contributed by atoms with E-state index in [0.29, 0.717) is 51.2 Å². The Morgan fingerprint density at radius 2 is 1.82 bits per heavy atom. The summed E-state index contributed by atoms with van der Waals surface area (Å²) >= 11 is 1.21. The number of ether oxygens (including phenoxy) is 1. The number of nitro groups is 1. The van der Waals surface area contributed by atoms with Crippen LogP contribution in [0.5, 0.6) is 5.75 Å². The van der Waals surface area contributed by atoms with Crippen molar-refractivity contribution in [3.63, 3.8) is 0 Å². The highest BCUT2D eigenvalue weighted by molar-refractivity contribution is 7.21. The highest BCUT2D eigenvalue weighted by Gasteiger charge is 2.12. The van der Waals surface area contributed by atoms with Crippen molar-refractivity contribution < 1.29 is 19.6 Å². The molecule has 0 atom stereocenters. The number of azo groups is 2. The molecule has 0 saturated heterocycles. The first kappa shape index (κ1) is 27.3. The predicted molar refractivity (Wildman–Crippen MR) is 149 cm³/mol. The number of benzene rings is 3. The Kier molecular flexibility index (Phi) is 8.51. The minimum Gasteiger partial charge on any atom is -0.494 e. The average Bonchev–Trinajstić information content (AvgIpc) is 3.34. The van der Waals surface area contributed by atoms with Crippen molar-refractivity contribution in [1.29, 1.82) is 0 Å². The van der Waals surface area contributed by atoms with Gasteiger partial charge in [0.25, 0.3) is 5.69 Å². The van der Waals surface area contributed by atoms with Crippen molar-refractivity contribution in [3.05, 3.63) is 70.3 Å². The average molecular weight is 548 g/mol. The molecular weight excluding hydrogens is 522 g/mol. The lowest BCUT2D eigenvalue weighted by atomic mass is 10.1. The van der Waals surface area contributed by atoms with Gasteiger partial charge in [0.15, 0.2) is 0 Å². The van der Waals surface area contributed by atoms with Crippen molar-refractivity contribution in [1.82, 2.24) is 4.98 Å². The van der Waals surface area contributed by atoms with E-state index in [0.717, 1.165) is 11.3 Å². The van der Waals surface area contributed by atoms with Crippen LogP contribution in [0, 0.1) is 17.0 Å². The lowest BCUT2D eigenvalue weighted by Crippen LogP contribution is -2.25. The van der Waals surface area contributed by atoms with Crippen LogP contribution in [0.1, 0.15) is 18.9 Å². The number of aromatic nitrogens is 1. The van der Waals surface area contributed by atoms with Gasteiger partial charge in [-0.15, -0.1) is 15.3 Å². The summed E-state index contributed by atoms with van der Waals surface area (Å²) in [5.74, 6) is -0.374. The number of carbonyl (C=O) groups is 1. The van der Waals surface area contributed by atoms with Gasteiger partial charge in [-0.1, -0.05) is 11.3 Å². The lowest BCUT2D eigenvalue weighted by molar-refractivity contribution is -0.384. The maximum atomic E-state index is 11.0. The smallest absolute Gasteiger partial charge is 0.305 e. The Balaban J connectivity index is 1.50. The fourth-order valence-electron chi connectivity index (χ4n) is 3.71. The molecule has 1 heterocycles. The summed E-state index contributed by atoms with van der Waals surface area (Å²) < 4.78 is 6.14. The predicted octanol–water partition coefficient (Wildman–Crippen LogP) is 7.65. The van der Waals surface area contributed by atoms with Gasteiger partial charge in [-0.25, -0.2) is 4.98 Å². The zero-order valence-electron chi connectivity index (χ0n) is 21.4. The molecule has 200 valence electrons. The number of anilines is 1. The quantitative estimate of drug-likeness (QED) is 0.115. The first-order valence-corrected chi connectivity index (χ1v) is 12.7. The number of hydrogen-bond acceptors (Lipinski definition) is 11. The van der Waals surface area contributed by atoms with E-state index >= 15 is 0 Å². The summed E-state index contributed by atoms with van der Waals surface area (Å²) in [7, 11) is 1.52. The molecule has 0 radical (unpaired) electrons. The minimum absolute atomic E-state index is 0.00501. The van der Waals surface area contributed by atoms with Gasteiger partial charge in [-0.3, -0.25) is 14.9 Å². The van der Waals surface area contributed by atoms with Gasteiger partial charge in [-0.2, -0.15) is 5.11 Å². The number of carboxylic acid groups (broad SMARTS) is 1. The molecule has 12 nitrogen and oxygen atoms in total. The summed E-state index contributed by atoms with van der Waals surface area (Å²) in [6.45, 7) is 4.95. The number of fused-ring (bicyclic) bond motifs is 1. The number of hydrogen-bond donors (Lipinski definition) is 1. The van der Waals surface area contributed by atoms with E-state index < -0.39 is 10.9 Å². The molecule has 0 bridgehead atoms. The van der Waals surface area contributed by atoms with Gasteiger partial charge in [0, 0.05) is 37.0 Å².